The van der Waals surface area contributed by atoms with E-state index >= 15 is 0 Å². The summed E-state index contributed by atoms with van der Waals surface area (Å²) in [6, 6.07) is 25.1. The quantitative estimate of drug-likeness (QED) is 0.0632. The Balaban J connectivity index is 1.07. The number of hydrogen-bond donors (Lipinski definition) is 5. The Kier molecular flexibility index (Phi) is 10.3. The molecular weight excluding hydrogens is 614 g/mol. The third-order valence-corrected chi connectivity index (χ3v) is 8.78. The number of ether oxygens (including phenoxy) is 1. The monoisotopic (exact) mass is 657 g/mol. The third kappa shape index (κ3) is 7.98. The summed E-state index contributed by atoms with van der Waals surface area (Å²) in [5.74, 6) is 1.62. The van der Waals surface area contributed by atoms with Gasteiger partial charge in [-0.3, -0.25) is 4.79 Å². The van der Waals surface area contributed by atoms with Gasteiger partial charge in [0.1, 0.15) is 17.7 Å². The Morgan fingerprint density at radius 1 is 0.776 bits per heavy atom. The lowest BCUT2D eigenvalue weighted by atomic mass is 9.97. The number of methoxy groups -OCH3 is 1. The minimum Gasteiger partial charge on any atom is -0.453 e. The number of nitrogens with two attached hydrogens (primary N) is 1. The number of alkyl carbamates (subject to hydrolysis) is 1. The highest BCUT2D eigenvalue weighted by molar-refractivity contribution is 5.93. The largest absolute Gasteiger partial charge is 0.453 e. The van der Waals surface area contributed by atoms with Crippen molar-refractivity contribution in [1.82, 2.24) is 30.6 Å². The molecule has 4 aromatic carbocycles. The van der Waals surface area contributed by atoms with Crippen LogP contribution in [0, 0.1) is 0 Å². The molecule has 1 atom stereocenters. The van der Waals surface area contributed by atoms with Crippen LogP contribution >= 0.6 is 0 Å². The normalized spacial score (nSPS) is 12.0. The molecule has 0 fully saturated rings. The van der Waals surface area contributed by atoms with Crippen LogP contribution in [0.4, 0.5) is 4.79 Å². The van der Waals surface area contributed by atoms with E-state index in [0.29, 0.717) is 18.7 Å². The highest BCUT2D eigenvalue weighted by Crippen LogP contribution is 2.31. The summed E-state index contributed by atoms with van der Waals surface area (Å²) < 4.78 is 4.60. The van der Waals surface area contributed by atoms with Crippen molar-refractivity contribution in [3.63, 3.8) is 0 Å². The number of unbranched alkanes of at least 4 members (excludes halogenated alkanes) is 2. The van der Waals surface area contributed by atoms with Crippen molar-refractivity contribution in [2.45, 2.75) is 51.5 Å². The van der Waals surface area contributed by atoms with Crippen molar-refractivity contribution in [2.75, 3.05) is 20.2 Å². The number of aryl methyl sites for hydroxylation is 2. The number of carbonyl (C=O) groups excluding carboxylic acids is 2. The second kappa shape index (κ2) is 15.2. The van der Waals surface area contributed by atoms with Gasteiger partial charge in [0.25, 0.3) is 0 Å². The summed E-state index contributed by atoms with van der Waals surface area (Å²) >= 11 is 0. The zero-order valence-electron chi connectivity index (χ0n) is 28.1. The number of fused-ring (bicyclic) bond motifs is 3. The van der Waals surface area contributed by atoms with Crippen LogP contribution in [0.2, 0.25) is 0 Å². The van der Waals surface area contributed by atoms with E-state index in [0.717, 1.165) is 88.9 Å². The molecule has 10 nitrogen and oxygen atoms in total. The van der Waals surface area contributed by atoms with Crippen LogP contribution in [0.25, 0.3) is 55.1 Å². The number of rotatable bonds is 14. The summed E-state index contributed by atoms with van der Waals surface area (Å²) in [6.45, 7) is 6.67. The summed E-state index contributed by atoms with van der Waals surface area (Å²) in [5.41, 5.74) is 14.7. The molecule has 0 aliphatic rings. The molecule has 6 N–H and O–H groups in total. The van der Waals surface area contributed by atoms with E-state index in [1.807, 2.05) is 0 Å². The number of imidazole rings is 2. The molecule has 2 heterocycles. The molecule has 1 unspecified atom stereocenters. The SMILES string of the molecule is C=C(C)C(NC(=O)OC)C(=O)NCCCCc1nc2ccc(-c3ccc4cc(-c5ccc6nc(CCCCN)[nH]c6c5)ccc4c3)cc2[nH]1. The summed E-state index contributed by atoms with van der Waals surface area (Å²) in [5, 5.41) is 7.73. The van der Waals surface area contributed by atoms with Gasteiger partial charge in [-0.1, -0.05) is 43.0 Å². The van der Waals surface area contributed by atoms with Gasteiger partial charge in [-0.25, -0.2) is 14.8 Å². The predicted octanol–water partition coefficient (Wildman–Crippen LogP) is 6.95. The van der Waals surface area contributed by atoms with Crippen LogP contribution in [0.15, 0.2) is 84.9 Å². The first-order chi connectivity index (χ1) is 23.8. The second-order valence-electron chi connectivity index (χ2n) is 12.5. The summed E-state index contributed by atoms with van der Waals surface area (Å²) in [6.07, 6.45) is 4.64. The molecule has 2 aromatic heterocycles. The fourth-order valence-corrected chi connectivity index (χ4v) is 6.08. The van der Waals surface area contributed by atoms with Crippen molar-refractivity contribution in [1.29, 1.82) is 0 Å². The minimum absolute atomic E-state index is 0.307. The van der Waals surface area contributed by atoms with E-state index < -0.39 is 12.1 Å². The first-order valence-electron chi connectivity index (χ1n) is 16.8. The number of H-pyrrole nitrogens is 2. The van der Waals surface area contributed by atoms with Gasteiger partial charge < -0.3 is 31.1 Å². The summed E-state index contributed by atoms with van der Waals surface area (Å²) in [7, 11) is 1.26. The molecule has 0 aliphatic carbocycles. The Hall–Kier alpha value is -5.48. The third-order valence-electron chi connectivity index (χ3n) is 8.78. The van der Waals surface area contributed by atoms with E-state index in [-0.39, 0.29) is 5.91 Å². The standard InChI is InChI=1S/C39H43N7O3/c1-24(2)37(46-39(48)49-3)38(47)41-19-7-5-9-36-43-32-17-15-30(23-34(32)45-36)28-13-11-25-20-27(12-10-26(25)21-28)29-14-16-31-33(22-29)44-35(42-31)8-4-6-18-40/h10-17,20-23,37H,1,4-9,18-19,40H2,2-3H3,(H,41,47)(H,42,44)(H,43,45)(H,46,48). The zero-order valence-corrected chi connectivity index (χ0v) is 28.1. The Bertz CT molecular complexity index is 2130. The first-order valence-corrected chi connectivity index (χ1v) is 16.8. The Morgan fingerprint density at radius 3 is 1.80 bits per heavy atom. The number of amides is 2. The number of nitrogens with zero attached hydrogens (tertiary/aromatic N) is 2. The van der Waals surface area contributed by atoms with Gasteiger partial charge >= 0.3 is 6.09 Å². The average Bonchev–Trinajstić information content (AvgIpc) is 3.72. The van der Waals surface area contributed by atoms with Gasteiger partial charge in [-0.2, -0.15) is 0 Å². The Morgan fingerprint density at radius 2 is 1.29 bits per heavy atom. The number of carbonyl (C=O) groups is 2. The van der Waals surface area contributed by atoms with Crippen LogP contribution in [-0.4, -0.2) is 58.2 Å². The van der Waals surface area contributed by atoms with Crippen molar-refractivity contribution in [3.05, 3.63) is 96.6 Å². The molecule has 2 amide bonds. The first kappa shape index (κ1) is 33.4. The molecule has 0 bridgehead atoms. The maximum Gasteiger partial charge on any atom is 0.407 e. The van der Waals surface area contributed by atoms with Crippen LogP contribution in [0.3, 0.4) is 0 Å². The molecule has 0 radical (unpaired) electrons. The molecule has 0 saturated heterocycles. The van der Waals surface area contributed by atoms with Crippen LogP contribution in [-0.2, 0) is 22.4 Å². The van der Waals surface area contributed by atoms with Crippen molar-refractivity contribution in [2.24, 2.45) is 5.73 Å². The van der Waals surface area contributed by atoms with Gasteiger partial charge in [0.2, 0.25) is 5.91 Å². The Labute approximate surface area is 285 Å². The van der Waals surface area contributed by atoms with E-state index in [2.05, 4.69) is 105 Å². The van der Waals surface area contributed by atoms with Crippen LogP contribution < -0.4 is 16.4 Å². The maximum absolute atomic E-state index is 12.5. The lowest BCUT2D eigenvalue weighted by Gasteiger charge is -2.17. The van der Waals surface area contributed by atoms with E-state index in [1.54, 1.807) is 6.92 Å². The molecule has 0 saturated carbocycles. The fourth-order valence-electron chi connectivity index (χ4n) is 6.08. The molecule has 10 heteroatoms. The average molecular weight is 658 g/mol. The van der Waals surface area contributed by atoms with Crippen molar-refractivity contribution in [3.8, 4) is 22.3 Å². The molecule has 6 rings (SSSR count). The van der Waals surface area contributed by atoms with Crippen molar-refractivity contribution >= 4 is 44.8 Å². The molecule has 0 aliphatic heterocycles. The highest BCUT2D eigenvalue weighted by atomic mass is 16.5. The highest BCUT2D eigenvalue weighted by Gasteiger charge is 2.21. The molecule has 6 aromatic rings. The van der Waals surface area contributed by atoms with Crippen molar-refractivity contribution < 1.29 is 14.3 Å². The van der Waals surface area contributed by atoms with E-state index in [9.17, 15) is 9.59 Å². The summed E-state index contributed by atoms with van der Waals surface area (Å²) in [4.78, 5) is 40.5. The number of aromatic amines is 2. The number of hydrogen-bond acceptors (Lipinski definition) is 6. The lowest BCUT2D eigenvalue weighted by Crippen LogP contribution is -2.47. The van der Waals surface area contributed by atoms with Crippen LogP contribution in [0.1, 0.15) is 44.3 Å². The smallest absolute Gasteiger partial charge is 0.407 e. The maximum atomic E-state index is 12.5. The van der Waals surface area contributed by atoms with E-state index in [4.69, 9.17) is 15.7 Å². The molecular formula is C39H43N7O3. The zero-order chi connectivity index (χ0) is 34.3. The molecule has 49 heavy (non-hydrogen) atoms. The van der Waals surface area contributed by atoms with E-state index in [1.165, 1.54) is 23.4 Å². The van der Waals surface area contributed by atoms with Gasteiger partial charge in [0, 0.05) is 19.4 Å². The van der Waals surface area contributed by atoms with Gasteiger partial charge in [0.15, 0.2) is 0 Å². The van der Waals surface area contributed by atoms with Gasteiger partial charge in [-0.15, -0.1) is 0 Å². The fraction of sp³-hybridized carbons (Fsp3) is 0.282. The molecule has 0 spiro atoms. The second-order valence-corrected chi connectivity index (χ2v) is 12.5. The van der Waals surface area contributed by atoms with Gasteiger partial charge in [-0.05, 0) is 114 Å². The lowest BCUT2D eigenvalue weighted by molar-refractivity contribution is -0.122. The molecule has 252 valence electrons. The van der Waals surface area contributed by atoms with Gasteiger partial charge in [0.05, 0.1) is 29.2 Å². The topological polar surface area (TPSA) is 151 Å². The predicted molar refractivity (Wildman–Crippen MR) is 196 cm³/mol. The minimum atomic E-state index is -0.827. The number of benzene rings is 4. The number of aromatic nitrogens is 4. The number of nitrogens with one attached hydrogen (secondary N) is 4. The van der Waals surface area contributed by atoms with Crippen LogP contribution in [0.5, 0.6) is 0 Å².